The van der Waals surface area contributed by atoms with E-state index in [4.69, 9.17) is 4.74 Å². The highest BCUT2D eigenvalue weighted by molar-refractivity contribution is 6.09. The van der Waals surface area contributed by atoms with Gasteiger partial charge in [-0.15, -0.1) is 0 Å². The number of anilines is 1. The second kappa shape index (κ2) is 10.0. The number of nitriles is 1. The van der Waals surface area contributed by atoms with Crippen molar-refractivity contribution >= 4 is 17.7 Å². The molecule has 0 saturated carbocycles. The standard InChI is InChI=1S/C22H24N2O2/c1-3-5-14-26-21-12-8-18(9-13-21)15-19(16-23)22(25)24-20-10-6-17(4-2)7-11-20/h6-13,15H,3-5,14H2,1-2H3,(H,24,25)/b19-15+. The second-order valence-electron chi connectivity index (χ2n) is 5.95. The highest BCUT2D eigenvalue weighted by atomic mass is 16.5. The van der Waals surface area contributed by atoms with Gasteiger partial charge in [-0.2, -0.15) is 5.26 Å². The van der Waals surface area contributed by atoms with Crippen molar-refractivity contribution in [2.45, 2.75) is 33.1 Å². The van der Waals surface area contributed by atoms with E-state index in [0.29, 0.717) is 12.3 Å². The fourth-order valence-electron chi connectivity index (χ4n) is 2.33. The molecule has 0 aliphatic heterocycles. The first-order chi connectivity index (χ1) is 12.7. The molecule has 0 bridgehead atoms. The minimum absolute atomic E-state index is 0.0595. The average molecular weight is 348 g/mol. The van der Waals surface area contributed by atoms with Crippen LogP contribution >= 0.6 is 0 Å². The molecular weight excluding hydrogens is 324 g/mol. The quantitative estimate of drug-likeness (QED) is 0.416. The molecule has 0 fully saturated rings. The van der Waals surface area contributed by atoms with Crippen LogP contribution in [0.1, 0.15) is 37.8 Å². The minimum atomic E-state index is -0.417. The molecule has 2 aromatic rings. The van der Waals surface area contributed by atoms with E-state index < -0.39 is 5.91 Å². The molecule has 0 saturated heterocycles. The van der Waals surface area contributed by atoms with Crippen molar-refractivity contribution in [1.29, 1.82) is 5.26 Å². The van der Waals surface area contributed by atoms with Crippen LogP contribution in [0, 0.1) is 11.3 Å². The van der Waals surface area contributed by atoms with Crippen LogP contribution in [0.3, 0.4) is 0 Å². The van der Waals surface area contributed by atoms with E-state index >= 15 is 0 Å². The maximum atomic E-state index is 12.3. The van der Waals surface area contributed by atoms with Crippen LogP contribution in [-0.4, -0.2) is 12.5 Å². The summed E-state index contributed by atoms with van der Waals surface area (Å²) in [5.41, 5.74) is 2.71. The number of aryl methyl sites for hydroxylation is 1. The Balaban J connectivity index is 2.03. The van der Waals surface area contributed by atoms with Crippen LogP contribution in [0.4, 0.5) is 5.69 Å². The Morgan fingerprint density at radius 2 is 1.81 bits per heavy atom. The molecule has 0 unspecified atom stereocenters. The second-order valence-corrected chi connectivity index (χ2v) is 5.95. The number of benzene rings is 2. The number of carbonyl (C=O) groups is 1. The predicted molar refractivity (Wildman–Crippen MR) is 105 cm³/mol. The summed E-state index contributed by atoms with van der Waals surface area (Å²) in [6.45, 7) is 4.88. The molecule has 134 valence electrons. The average Bonchev–Trinajstić information content (AvgIpc) is 2.68. The van der Waals surface area contributed by atoms with Crippen molar-refractivity contribution in [2.24, 2.45) is 0 Å². The molecule has 4 nitrogen and oxygen atoms in total. The van der Waals surface area contributed by atoms with Gasteiger partial charge in [-0.25, -0.2) is 0 Å². The molecular formula is C22H24N2O2. The molecule has 0 heterocycles. The van der Waals surface area contributed by atoms with Crippen LogP contribution in [0.5, 0.6) is 5.75 Å². The summed E-state index contributed by atoms with van der Waals surface area (Å²) in [4.78, 5) is 12.3. The van der Waals surface area contributed by atoms with Crippen LogP contribution < -0.4 is 10.1 Å². The van der Waals surface area contributed by atoms with Gasteiger partial charge in [-0.3, -0.25) is 4.79 Å². The van der Waals surface area contributed by atoms with Gasteiger partial charge >= 0.3 is 0 Å². The van der Waals surface area contributed by atoms with Crippen LogP contribution in [0.2, 0.25) is 0 Å². The van der Waals surface area contributed by atoms with Gasteiger partial charge in [-0.05, 0) is 54.3 Å². The topological polar surface area (TPSA) is 62.1 Å². The molecule has 0 spiro atoms. The third kappa shape index (κ3) is 5.78. The fourth-order valence-corrected chi connectivity index (χ4v) is 2.33. The minimum Gasteiger partial charge on any atom is -0.494 e. The fraction of sp³-hybridized carbons (Fsp3) is 0.273. The van der Waals surface area contributed by atoms with Gasteiger partial charge in [0.1, 0.15) is 17.4 Å². The Kier molecular flexibility index (Phi) is 7.45. The highest BCUT2D eigenvalue weighted by Crippen LogP contribution is 2.16. The van der Waals surface area contributed by atoms with Gasteiger partial charge in [0.2, 0.25) is 0 Å². The monoisotopic (exact) mass is 348 g/mol. The third-order valence-electron chi connectivity index (χ3n) is 3.94. The highest BCUT2D eigenvalue weighted by Gasteiger charge is 2.09. The Labute approximate surface area is 155 Å². The molecule has 1 amide bonds. The van der Waals surface area contributed by atoms with Gasteiger partial charge in [0.25, 0.3) is 5.91 Å². The summed E-state index contributed by atoms with van der Waals surface area (Å²) in [6, 6.07) is 16.9. The van der Waals surface area contributed by atoms with Crippen molar-refractivity contribution in [3.05, 3.63) is 65.2 Å². The summed E-state index contributed by atoms with van der Waals surface area (Å²) >= 11 is 0. The van der Waals surface area contributed by atoms with Gasteiger partial charge in [0.15, 0.2) is 0 Å². The molecule has 26 heavy (non-hydrogen) atoms. The van der Waals surface area contributed by atoms with Gasteiger partial charge in [-0.1, -0.05) is 44.5 Å². The number of hydrogen-bond acceptors (Lipinski definition) is 3. The summed E-state index contributed by atoms with van der Waals surface area (Å²) in [5, 5.41) is 12.1. The molecule has 2 rings (SSSR count). The Morgan fingerprint density at radius 3 is 2.38 bits per heavy atom. The molecule has 0 aliphatic carbocycles. The van der Waals surface area contributed by atoms with E-state index in [1.165, 1.54) is 5.56 Å². The molecule has 1 N–H and O–H groups in total. The summed E-state index contributed by atoms with van der Waals surface area (Å²) in [5.74, 6) is 0.370. The first kappa shape index (κ1) is 19.3. The number of nitrogens with zero attached hydrogens (tertiary/aromatic N) is 1. The number of carbonyl (C=O) groups excluding carboxylic acids is 1. The summed E-state index contributed by atoms with van der Waals surface area (Å²) < 4.78 is 5.61. The molecule has 0 radical (unpaired) electrons. The number of ether oxygens (including phenoxy) is 1. The zero-order chi connectivity index (χ0) is 18.8. The zero-order valence-corrected chi connectivity index (χ0v) is 15.3. The lowest BCUT2D eigenvalue weighted by molar-refractivity contribution is -0.112. The Morgan fingerprint density at radius 1 is 1.12 bits per heavy atom. The van der Waals surface area contributed by atoms with Crippen LogP contribution in [0.15, 0.2) is 54.1 Å². The van der Waals surface area contributed by atoms with Crippen molar-refractivity contribution in [3.63, 3.8) is 0 Å². The first-order valence-corrected chi connectivity index (χ1v) is 8.91. The maximum absolute atomic E-state index is 12.3. The first-order valence-electron chi connectivity index (χ1n) is 8.91. The van der Waals surface area contributed by atoms with Gasteiger partial charge in [0.05, 0.1) is 6.61 Å². The van der Waals surface area contributed by atoms with E-state index in [1.54, 1.807) is 6.08 Å². The number of nitrogens with one attached hydrogen (secondary N) is 1. The van der Waals surface area contributed by atoms with Gasteiger partial charge < -0.3 is 10.1 Å². The van der Waals surface area contributed by atoms with Crippen molar-refractivity contribution in [2.75, 3.05) is 11.9 Å². The third-order valence-corrected chi connectivity index (χ3v) is 3.94. The number of unbranched alkanes of at least 4 members (excludes halogenated alkanes) is 1. The van der Waals surface area contributed by atoms with E-state index in [2.05, 4.69) is 19.2 Å². The largest absolute Gasteiger partial charge is 0.494 e. The van der Waals surface area contributed by atoms with Crippen molar-refractivity contribution in [3.8, 4) is 11.8 Å². The number of rotatable bonds is 8. The molecule has 2 aromatic carbocycles. The van der Waals surface area contributed by atoms with E-state index in [-0.39, 0.29) is 5.57 Å². The lowest BCUT2D eigenvalue weighted by Crippen LogP contribution is -2.13. The van der Waals surface area contributed by atoms with E-state index in [1.807, 2.05) is 54.6 Å². The van der Waals surface area contributed by atoms with E-state index in [9.17, 15) is 10.1 Å². The van der Waals surface area contributed by atoms with Crippen LogP contribution in [-0.2, 0) is 11.2 Å². The lowest BCUT2D eigenvalue weighted by atomic mass is 10.1. The van der Waals surface area contributed by atoms with Crippen molar-refractivity contribution < 1.29 is 9.53 Å². The molecule has 4 heteroatoms. The Bertz CT molecular complexity index is 784. The smallest absolute Gasteiger partial charge is 0.266 e. The Hall–Kier alpha value is -3.06. The van der Waals surface area contributed by atoms with Crippen LogP contribution in [0.25, 0.3) is 6.08 Å². The van der Waals surface area contributed by atoms with E-state index in [0.717, 1.165) is 30.6 Å². The molecule has 0 aliphatic rings. The summed E-state index contributed by atoms with van der Waals surface area (Å²) in [6.07, 6.45) is 4.61. The lowest BCUT2D eigenvalue weighted by Gasteiger charge is -2.06. The maximum Gasteiger partial charge on any atom is 0.266 e. The molecule has 0 aromatic heterocycles. The van der Waals surface area contributed by atoms with Crippen molar-refractivity contribution in [1.82, 2.24) is 0 Å². The van der Waals surface area contributed by atoms with Gasteiger partial charge in [0, 0.05) is 5.69 Å². The zero-order valence-electron chi connectivity index (χ0n) is 15.3. The SMILES string of the molecule is CCCCOc1ccc(/C=C(\C#N)C(=O)Nc2ccc(CC)cc2)cc1. The normalized spacial score (nSPS) is 10.9. The predicted octanol–water partition coefficient (Wildman–Crippen LogP) is 4.97. The summed E-state index contributed by atoms with van der Waals surface area (Å²) in [7, 11) is 0. The number of hydrogen-bond donors (Lipinski definition) is 1. The number of amides is 1. The molecule has 0 atom stereocenters.